The zero-order valence-corrected chi connectivity index (χ0v) is 10.4. The standard InChI is InChI=1S/C10H10N2O5S/c1-5-3-4-6-7(8(5)18(15,16)17)11-10(14)12(2)9(6)13/h3-4H,1-2H3,(H,11,14)(H,15,16,17). The summed E-state index contributed by atoms with van der Waals surface area (Å²) in [4.78, 5) is 25.1. The van der Waals surface area contributed by atoms with E-state index in [9.17, 15) is 18.0 Å². The first-order valence-electron chi connectivity index (χ1n) is 4.93. The number of fused-ring (bicyclic) bond motifs is 1. The Morgan fingerprint density at radius 2 is 1.89 bits per heavy atom. The van der Waals surface area contributed by atoms with Gasteiger partial charge in [-0.15, -0.1) is 0 Å². The van der Waals surface area contributed by atoms with Gasteiger partial charge in [0, 0.05) is 7.05 Å². The summed E-state index contributed by atoms with van der Waals surface area (Å²) < 4.78 is 32.6. The number of hydrogen-bond acceptors (Lipinski definition) is 4. The van der Waals surface area contributed by atoms with Gasteiger partial charge < -0.3 is 4.98 Å². The third kappa shape index (κ3) is 1.75. The van der Waals surface area contributed by atoms with Crippen molar-refractivity contribution < 1.29 is 13.0 Å². The van der Waals surface area contributed by atoms with Crippen LogP contribution in [0.2, 0.25) is 0 Å². The van der Waals surface area contributed by atoms with Crippen LogP contribution in [-0.2, 0) is 17.2 Å². The largest absolute Gasteiger partial charge is 0.328 e. The van der Waals surface area contributed by atoms with Crippen LogP contribution in [0.15, 0.2) is 26.6 Å². The van der Waals surface area contributed by atoms with Gasteiger partial charge in [0.05, 0.1) is 10.9 Å². The van der Waals surface area contributed by atoms with Gasteiger partial charge in [0.2, 0.25) is 0 Å². The average Bonchev–Trinajstić information content (AvgIpc) is 2.24. The predicted octanol–water partition coefficient (Wildman–Crippen LogP) is -0.218. The molecule has 0 aliphatic rings. The highest BCUT2D eigenvalue weighted by Crippen LogP contribution is 2.21. The maximum absolute atomic E-state index is 11.8. The lowest BCUT2D eigenvalue weighted by molar-refractivity contribution is 0.483. The number of benzene rings is 1. The molecule has 0 aliphatic carbocycles. The van der Waals surface area contributed by atoms with E-state index < -0.39 is 26.3 Å². The molecule has 0 fully saturated rings. The first-order valence-corrected chi connectivity index (χ1v) is 6.37. The van der Waals surface area contributed by atoms with Gasteiger partial charge in [-0.1, -0.05) is 6.07 Å². The molecule has 2 rings (SSSR count). The topological polar surface area (TPSA) is 109 Å². The Morgan fingerprint density at radius 3 is 2.44 bits per heavy atom. The van der Waals surface area contributed by atoms with Gasteiger partial charge in [-0.2, -0.15) is 8.42 Å². The fourth-order valence-corrected chi connectivity index (χ4v) is 2.68. The Morgan fingerprint density at radius 1 is 1.28 bits per heavy atom. The van der Waals surface area contributed by atoms with Gasteiger partial charge in [0.15, 0.2) is 0 Å². The molecule has 18 heavy (non-hydrogen) atoms. The summed E-state index contributed by atoms with van der Waals surface area (Å²) >= 11 is 0. The van der Waals surface area contributed by atoms with Crippen LogP contribution >= 0.6 is 0 Å². The second-order valence-corrected chi connectivity index (χ2v) is 5.26. The van der Waals surface area contributed by atoms with Gasteiger partial charge in [-0.05, 0) is 18.6 Å². The molecule has 0 amide bonds. The molecule has 8 heteroatoms. The van der Waals surface area contributed by atoms with Crippen LogP contribution in [-0.4, -0.2) is 22.5 Å². The van der Waals surface area contributed by atoms with Crippen molar-refractivity contribution in [3.8, 4) is 0 Å². The summed E-state index contributed by atoms with van der Waals surface area (Å²) in [5.41, 5.74) is -1.30. The number of nitrogens with one attached hydrogen (secondary N) is 1. The quantitative estimate of drug-likeness (QED) is 0.696. The molecule has 0 unspecified atom stereocenters. The minimum Gasteiger partial charge on any atom is -0.305 e. The Balaban J connectivity index is 3.20. The van der Waals surface area contributed by atoms with Crippen molar-refractivity contribution in [2.24, 2.45) is 7.05 Å². The normalized spacial score (nSPS) is 11.9. The van der Waals surface area contributed by atoms with Gasteiger partial charge >= 0.3 is 5.69 Å². The Labute approximate surface area is 101 Å². The molecule has 1 heterocycles. The highest BCUT2D eigenvalue weighted by Gasteiger charge is 2.20. The molecule has 0 aliphatic heterocycles. The molecule has 2 aromatic rings. The van der Waals surface area contributed by atoms with Gasteiger partial charge in [-0.3, -0.25) is 13.9 Å². The molecule has 0 atom stereocenters. The summed E-state index contributed by atoms with van der Waals surface area (Å²) in [5, 5.41) is 0.0234. The molecule has 1 aromatic heterocycles. The lowest BCUT2D eigenvalue weighted by atomic mass is 10.2. The molecule has 0 spiro atoms. The van der Waals surface area contributed by atoms with E-state index in [0.717, 1.165) is 4.57 Å². The lowest BCUT2D eigenvalue weighted by Gasteiger charge is -2.07. The fourth-order valence-electron chi connectivity index (χ4n) is 1.79. The molecule has 0 radical (unpaired) electrons. The summed E-state index contributed by atoms with van der Waals surface area (Å²) in [6, 6.07) is 2.79. The number of aryl methyl sites for hydroxylation is 1. The number of aromatic nitrogens is 2. The second kappa shape index (κ2) is 3.79. The second-order valence-electron chi connectivity index (χ2n) is 3.90. The minimum absolute atomic E-state index is 0.0234. The van der Waals surface area contributed by atoms with Crippen molar-refractivity contribution in [3.63, 3.8) is 0 Å². The van der Waals surface area contributed by atoms with Crippen molar-refractivity contribution in [2.75, 3.05) is 0 Å². The zero-order chi connectivity index (χ0) is 13.7. The summed E-state index contributed by atoms with van der Waals surface area (Å²) in [5.74, 6) is 0. The highest BCUT2D eigenvalue weighted by molar-refractivity contribution is 7.86. The molecule has 1 aromatic carbocycles. The monoisotopic (exact) mass is 270 g/mol. The van der Waals surface area contributed by atoms with Crippen LogP contribution in [0.4, 0.5) is 0 Å². The molecule has 0 saturated carbocycles. The number of nitrogens with zero attached hydrogens (tertiary/aromatic N) is 1. The predicted molar refractivity (Wildman–Crippen MR) is 64.4 cm³/mol. The Bertz CT molecular complexity index is 860. The van der Waals surface area contributed by atoms with E-state index in [1.807, 2.05) is 0 Å². The SMILES string of the molecule is Cc1ccc2c(=O)n(C)c(=O)[nH]c2c1S(=O)(=O)O. The first kappa shape index (κ1) is 12.5. The fraction of sp³-hybridized carbons (Fsp3) is 0.200. The van der Waals surface area contributed by atoms with Crippen molar-refractivity contribution >= 4 is 21.0 Å². The van der Waals surface area contributed by atoms with E-state index in [-0.39, 0.29) is 16.5 Å². The number of H-pyrrole nitrogens is 1. The van der Waals surface area contributed by atoms with E-state index in [1.54, 1.807) is 0 Å². The molecular weight excluding hydrogens is 260 g/mol. The number of rotatable bonds is 1. The van der Waals surface area contributed by atoms with Gasteiger partial charge in [0.25, 0.3) is 15.7 Å². The zero-order valence-electron chi connectivity index (χ0n) is 9.59. The molecule has 0 bridgehead atoms. The van der Waals surface area contributed by atoms with Crippen LogP contribution in [0.1, 0.15) is 5.56 Å². The average molecular weight is 270 g/mol. The van der Waals surface area contributed by atoms with E-state index in [0.29, 0.717) is 0 Å². The molecule has 0 saturated heterocycles. The van der Waals surface area contributed by atoms with Gasteiger partial charge in [0.1, 0.15) is 4.90 Å². The van der Waals surface area contributed by atoms with E-state index in [4.69, 9.17) is 4.55 Å². The smallest absolute Gasteiger partial charge is 0.305 e. The summed E-state index contributed by atoms with van der Waals surface area (Å²) in [6.07, 6.45) is 0. The molecular formula is C10H10N2O5S. The highest BCUT2D eigenvalue weighted by atomic mass is 32.2. The Kier molecular flexibility index (Phi) is 2.63. The maximum Gasteiger partial charge on any atom is 0.328 e. The molecule has 7 nitrogen and oxygen atoms in total. The van der Waals surface area contributed by atoms with Crippen LogP contribution < -0.4 is 11.2 Å². The van der Waals surface area contributed by atoms with Crippen LogP contribution in [0.3, 0.4) is 0 Å². The molecule has 96 valence electrons. The summed E-state index contributed by atoms with van der Waals surface area (Å²) in [7, 11) is -3.25. The van der Waals surface area contributed by atoms with Crippen molar-refractivity contribution in [1.29, 1.82) is 0 Å². The third-order valence-corrected chi connectivity index (χ3v) is 3.73. The van der Waals surface area contributed by atoms with Crippen molar-refractivity contribution in [2.45, 2.75) is 11.8 Å². The molecule has 2 N–H and O–H groups in total. The van der Waals surface area contributed by atoms with E-state index in [2.05, 4.69) is 4.98 Å². The van der Waals surface area contributed by atoms with Crippen LogP contribution in [0.25, 0.3) is 10.9 Å². The Hall–Kier alpha value is -1.93. The minimum atomic E-state index is -4.52. The number of hydrogen-bond donors (Lipinski definition) is 2. The van der Waals surface area contributed by atoms with Crippen molar-refractivity contribution in [3.05, 3.63) is 38.5 Å². The number of aromatic amines is 1. The van der Waals surface area contributed by atoms with Crippen molar-refractivity contribution in [1.82, 2.24) is 9.55 Å². The van der Waals surface area contributed by atoms with Gasteiger partial charge in [-0.25, -0.2) is 4.79 Å². The van der Waals surface area contributed by atoms with Crippen LogP contribution in [0, 0.1) is 6.92 Å². The summed E-state index contributed by atoms with van der Waals surface area (Å²) in [6.45, 7) is 1.46. The lowest BCUT2D eigenvalue weighted by Crippen LogP contribution is -2.32. The van der Waals surface area contributed by atoms with Crippen LogP contribution in [0.5, 0.6) is 0 Å². The first-order chi connectivity index (χ1) is 8.23. The third-order valence-electron chi connectivity index (χ3n) is 2.68. The van der Waals surface area contributed by atoms with E-state index >= 15 is 0 Å². The maximum atomic E-state index is 11.8. The van der Waals surface area contributed by atoms with E-state index in [1.165, 1.54) is 26.1 Å².